The lowest BCUT2D eigenvalue weighted by Gasteiger charge is -2.41. The van der Waals surface area contributed by atoms with Crippen molar-refractivity contribution in [3.8, 4) is 0 Å². The van der Waals surface area contributed by atoms with E-state index in [0.29, 0.717) is 12.0 Å². The number of hydrogen-bond donors (Lipinski definition) is 1. The van der Waals surface area contributed by atoms with E-state index in [4.69, 9.17) is 4.74 Å². The Hall–Kier alpha value is -0.860. The van der Waals surface area contributed by atoms with Crippen LogP contribution in [0.3, 0.4) is 0 Å². The topological polar surface area (TPSA) is 21.3 Å². The summed E-state index contributed by atoms with van der Waals surface area (Å²) in [7, 11) is 0. The molecule has 1 N–H and O–H groups in total. The van der Waals surface area contributed by atoms with E-state index in [1.807, 2.05) is 0 Å². The lowest BCUT2D eigenvalue weighted by molar-refractivity contribution is -0.0981. The highest BCUT2D eigenvalue weighted by molar-refractivity contribution is 5.26. The molecular formula is C19H29NO. The lowest BCUT2D eigenvalue weighted by atomic mass is 9.78. The van der Waals surface area contributed by atoms with E-state index >= 15 is 0 Å². The molecule has 2 aliphatic rings. The highest BCUT2D eigenvalue weighted by Crippen LogP contribution is 2.45. The molecule has 3 rings (SSSR count). The number of ether oxygens (including phenoxy) is 1. The molecule has 1 aliphatic carbocycles. The van der Waals surface area contributed by atoms with E-state index < -0.39 is 0 Å². The SMILES string of the molecule is CCNC(c1cccc(C)c1)C1CCOC2(CCCC2)C1. The van der Waals surface area contributed by atoms with Gasteiger partial charge >= 0.3 is 0 Å². The minimum atomic E-state index is 0.209. The van der Waals surface area contributed by atoms with Crippen molar-refractivity contribution in [2.75, 3.05) is 13.2 Å². The first-order valence-corrected chi connectivity index (χ1v) is 8.66. The highest BCUT2D eigenvalue weighted by Gasteiger charge is 2.42. The van der Waals surface area contributed by atoms with Gasteiger partial charge in [0, 0.05) is 12.6 Å². The van der Waals surface area contributed by atoms with Gasteiger partial charge in [-0.05, 0) is 50.6 Å². The molecule has 0 aromatic heterocycles. The van der Waals surface area contributed by atoms with Crippen molar-refractivity contribution in [2.24, 2.45) is 5.92 Å². The molecule has 21 heavy (non-hydrogen) atoms. The van der Waals surface area contributed by atoms with E-state index in [1.165, 1.54) is 49.7 Å². The summed E-state index contributed by atoms with van der Waals surface area (Å²) in [4.78, 5) is 0. The maximum Gasteiger partial charge on any atom is 0.0686 e. The molecule has 2 unspecified atom stereocenters. The second-order valence-corrected chi connectivity index (χ2v) is 6.94. The number of rotatable bonds is 4. The van der Waals surface area contributed by atoms with Crippen LogP contribution in [0, 0.1) is 12.8 Å². The van der Waals surface area contributed by atoms with Crippen molar-refractivity contribution >= 4 is 0 Å². The van der Waals surface area contributed by atoms with Crippen LogP contribution >= 0.6 is 0 Å². The first-order valence-electron chi connectivity index (χ1n) is 8.66. The van der Waals surface area contributed by atoms with E-state index in [2.05, 4.69) is 43.4 Å². The molecule has 1 saturated carbocycles. The molecule has 1 aromatic rings. The molecule has 1 aromatic carbocycles. The average molecular weight is 287 g/mol. The van der Waals surface area contributed by atoms with Gasteiger partial charge in [0.15, 0.2) is 0 Å². The number of hydrogen-bond acceptors (Lipinski definition) is 2. The summed E-state index contributed by atoms with van der Waals surface area (Å²) in [6, 6.07) is 9.51. The fourth-order valence-electron chi connectivity index (χ4n) is 4.36. The number of benzene rings is 1. The van der Waals surface area contributed by atoms with Gasteiger partial charge in [-0.2, -0.15) is 0 Å². The largest absolute Gasteiger partial charge is 0.375 e. The van der Waals surface area contributed by atoms with Crippen molar-refractivity contribution in [1.82, 2.24) is 5.32 Å². The number of nitrogens with one attached hydrogen (secondary N) is 1. The number of aryl methyl sites for hydroxylation is 1. The van der Waals surface area contributed by atoms with Crippen molar-refractivity contribution < 1.29 is 4.74 Å². The van der Waals surface area contributed by atoms with Crippen LogP contribution < -0.4 is 5.32 Å². The van der Waals surface area contributed by atoms with Crippen molar-refractivity contribution in [2.45, 2.75) is 64.0 Å². The van der Waals surface area contributed by atoms with Crippen LogP contribution in [0.1, 0.15) is 62.6 Å². The molecule has 0 radical (unpaired) electrons. The zero-order chi connectivity index (χ0) is 14.7. The monoisotopic (exact) mass is 287 g/mol. The van der Waals surface area contributed by atoms with Crippen LogP contribution in [0.2, 0.25) is 0 Å². The quantitative estimate of drug-likeness (QED) is 0.887. The minimum Gasteiger partial charge on any atom is -0.375 e. The molecule has 1 aliphatic heterocycles. The van der Waals surface area contributed by atoms with Gasteiger partial charge in [-0.3, -0.25) is 0 Å². The van der Waals surface area contributed by atoms with Gasteiger partial charge in [0.25, 0.3) is 0 Å². The van der Waals surface area contributed by atoms with Gasteiger partial charge in [0.1, 0.15) is 0 Å². The van der Waals surface area contributed by atoms with Gasteiger partial charge in [-0.25, -0.2) is 0 Å². The van der Waals surface area contributed by atoms with Gasteiger partial charge in [-0.1, -0.05) is 49.6 Å². The van der Waals surface area contributed by atoms with E-state index in [0.717, 1.165) is 13.2 Å². The Morgan fingerprint density at radius 3 is 2.86 bits per heavy atom. The molecular weight excluding hydrogens is 258 g/mol. The Labute approximate surface area is 129 Å². The molecule has 116 valence electrons. The lowest BCUT2D eigenvalue weighted by Crippen LogP contribution is -2.42. The summed E-state index contributed by atoms with van der Waals surface area (Å²) in [5.41, 5.74) is 3.02. The van der Waals surface area contributed by atoms with Gasteiger partial charge in [-0.15, -0.1) is 0 Å². The molecule has 2 heteroatoms. The molecule has 1 spiro atoms. The predicted molar refractivity (Wildman–Crippen MR) is 87.5 cm³/mol. The normalized spacial score (nSPS) is 26.1. The zero-order valence-corrected chi connectivity index (χ0v) is 13.5. The molecule has 2 atom stereocenters. The molecule has 2 nitrogen and oxygen atoms in total. The van der Waals surface area contributed by atoms with Gasteiger partial charge in [0.2, 0.25) is 0 Å². The summed E-state index contributed by atoms with van der Waals surface area (Å²) < 4.78 is 6.22. The van der Waals surface area contributed by atoms with E-state index in [9.17, 15) is 0 Å². The van der Waals surface area contributed by atoms with Gasteiger partial charge < -0.3 is 10.1 Å². The minimum absolute atomic E-state index is 0.209. The smallest absolute Gasteiger partial charge is 0.0686 e. The van der Waals surface area contributed by atoms with Crippen LogP contribution in [0.15, 0.2) is 24.3 Å². The van der Waals surface area contributed by atoms with Crippen molar-refractivity contribution in [1.29, 1.82) is 0 Å². The Kier molecular flexibility index (Phi) is 4.66. The molecule has 0 amide bonds. The van der Waals surface area contributed by atoms with Crippen LogP contribution in [0.5, 0.6) is 0 Å². The standard InChI is InChI=1S/C19H29NO/c1-3-20-18(16-8-6-7-15(2)13-16)17-9-12-21-19(14-17)10-4-5-11-19/h6-8,13,17-18,20H,3-5,9-12,14H2,1-2H3. The fourth-order valence-corrected chi connectivity index (χ4v) is 4.36. The second kappa shape index (κ2) is 6.50. The zero-order valence-electron chi connectivity index (χ0n) is 13.5. The Bertz CT molecular complexity index is 464. The molecule has 0 bridgehead atoms. The first kappa shape index (κ1) is 15.1. The summed E-state index contributed by atoms with van der Waals surface area (Å²) in [6.45, 7) is 6.38. The van der Waals surface area contributed by atoms with Crippen LogP contribution in [-0.4, -0.2) is 18.8 Å². The Morgan fingerprint density at radius 2 is 2.14 bits per heavy atom. The summed E-state index contributed by atoms with van der Waals surface area (Å²) >= 11 is 0. The fraction of sp³-hybridized carbons (Fsp3) is 0.684. The first-order chi connectivity index (χ1) is 10.2. The van der Waals surface area contributed by atoms with Crippen molar-refractivity contribution in [3.05, 3.63) is 35.4 Å². The maximum atomic E-state index is 6.22. The summed E-state index contributed by atoms with van der Waals surface area (Å²) in [5, 5.41) is 3.75. The van der Waals surface area contributed by atoms with E-state index in [1.54, 1.807) is 0 Å². The average Bonchev–Trinajstić information content (AvgIpc) is 2.92. The van der Waals surface area contributed by atoms with Crippen LogP contribution in [-0.2, 0) is 4.74 Å². The second-order valence-electron chi connectivity index (χ2n) is 6.94. The predicted octanol–water partition coefficient (Wildman–Crippen LogP) is 4.39. The van der Waals surface area contributed by atoms with E-state index in [-0.39, 0.29) is 5.60 Å². The Morgan fingerprint density at radius 1 is 1.33 bits per heavy atom. The Balaban J connectivity index is 1.80. The van der Waals surface area contributed by atoms with Crippen LogP contribution in [0.4, 0.5) is 0 Å². The third-order valence-electron chi connectivity index (χ3n) is 5.34. The molecule has 1 heterocycles. The van der Waals surface area contributed by atoms with Crippen molar-refractivity contribution in [3.63, 3.8) is 0 Å². The summed E-state index contributed by atoms with van der Waals surface area (Å²) in [5.74, 6) is 0.707. The highest BCUT2D eigenvalue weighted by atomic mass is 16.5. The van der Waals surface area contributed by atoms with Gasteiger partial charge in [0.05, 0.1) is 5.60 Å². The third-order valence-corrected chi connectivity index (χ3v) is 5.34. The molecule has 2 fully saturated rings. The van der Waals surface area contributed by atoms with Crippen LogP contribution in [0.25, 0.3) is 0 Å². The summed E-state index contributed by atoms with van der Waals surface area (Å²) in [6.07, 6.45) is 7.67. The third kappa shape index (κ3) is 3.32. The molecule has 1 saturated heterocycles. The maximum absolute atomic E-state index is 6.22.